The van der Waals surface area contributed by atoms with E-state index in [9.17, 15) is 4.79 Å². The third-order valence-electron chi connectivity index (χ3n) is 3.95. The van der Waals surface area contributed by atoms with E-state index in [-0.39, 0.29) is 11.3 Å². The lowest BCUT2D eigenvalue weighted by molar-refractivity contribution is -0.127. The SMILES string of the molecule is CCCC1(C(=O)Nc2ccc(Br)cc2Br)CCNCC1. The summed E-state index contributed by atoms with van der Waals surface area (Å²) in [5, 5.41) is 6.44. The van der Waals surface area contributed by atoms with Crippen LogP contribution in [0.1, 0.15) is 32.6 Å². The second-order valence-electron chi connectivity index (χ2n) is 5.36. The fourth-order valence-corrected chi connectivity index (χ4v) is 3.97. The molecule has 1 saturated heterocycles. The number of rotatable bonds is 4. The van der Waals surface area contributed by atoms with Gasteiger partial charge in [-0.15, -0.1) is 0 Å². The Bertz CT molecular complexity index is 479. The molecule has 0 bridgehead atoms. The molecule has 0 radical (unpaired) electrons. The molecular weight excluding hydrogens is 384 g/mol. The van der Waals surface area contributed by atoms with Gasteiger partial charge < -0.3 is 10.6 Å². The van der Waals surface area contributed by atoms with Gasteiger partial charge in [0.2, 0.25) is 5.91 Å². The minimum atomic E-state index is -0.216. The average molecular weight is 404 g/mol. The van der Waals surface area contributed by atoms with Crippen LogP contribution in [0.5, 0.6) is 0 Å². The monoisotopic (exact) mass is 402 g/mol. The summed E-state index contributed by atoms with van der Waals surface area (Å²) in [5.41, 5.74) is 0.624. The van der Waals surface area contributed by atoms with E-state index in [1.165, 1.54) is 0 Å². The molecular formula is C15H20Br2N2O. The first-order valence-electron chi connectivity index (χ1n) is 7.04. The molecule has 20 heavy (non-hydrogen) atoms. The summed E-state index contributed by atoms with van der Waals surface area (Å²) in [4.78, 5) is 12.7. The smallest absolute Gasteiger partial charge is 0.230 e. The number of hydrogen-bond acceptors (Lipinski definition) is 2. The van der Waals surface area contributed by atoms with Crippen molar-refractivity contribution in [1.82, 2.24) is 5.32 Å². The number of anilines is 1. The molecule has 0 unspecified atom stereocenters. The molecule has 2 N–H and O–H groups in total. The standard InChI is InChI=1S/C15H20Br2N2O/c1-2-5-15(6-8-18-9-7-15)14(20)19-13-4-3-11(16)10-12(13)17/h3-4,10,18H,2,5-9H2,1H3,(H,19,20). The zero-order valence-electron chi connectivity index (χ0n) is 11.6. The van der Waals surface area contributed by atoms with Gasteiger partial charge in [-0.3, -0.25) is 4.79 Å². The van der Waals surface area contributed by atoms with Gasteiger partial charge in [0.1, 0.15) is 0 Å². The van der Waals surface area contributed by atoms with Gasteiger partial charge in [0.25, 0.3) is 0 Å². The summed E-state index contributed by atoms with van der Waals surface area (Å²) < 4.78 is 1.90. The Morgan fingerprint density at radius 1 is 1.35 bits per heavy atom. The van der Waals surface area contributed by atoms with Gasteiger partial charge in [0.15, 0.2) is 0 Å². The van der Waals surface area contributed by atoms with Crippen molar-refractivity contribution in [3.05, 3.63) is 27.1 Å². The number of hydrogen-bond donors (Lipinski definition) is 2. The van der Waals surface area contributed by atoms with E-state index >= 15 is 0 Å². The van der Waals surface area contributed by atoms with E-state index in [2.05, 4.69) is 49.4 Å². The van der Waals surface area contributed by atoms with Crippen LogP contribution in [0.2, 0.25) is 0 Å². The lowest BCUT2D eigenvalue weighted by Crippen LogP contribution is -2.44. The van der Waals surface area contributed by atoms with E-state index < -0.39 is 0 Å². The molecule has 1 aliphatic rings. The Balaban J connectivity index is 2.15. The van der Waals surface area contributed by atoms with Crippen LogP contribution in [0, 0.1) is 5.41 Å². The van der Waals surface area contributed by atoms with E-state index in [4.69, 9.17) is 0 Å². The summed E-state index contributed by atoms with van der Waals surface area (Å²) in [6, 6.07) is 5.81. The van der Waals surface area contributed by atoms with Crippen molar-refractivity contribution in [2.24, 2.45) is 5.41 Å². The first-order chi connectivity index (χ1) is 9.57. The number of benzene rings is 1. The predicted molar refractivity (Wildman–Crippen MR) is 89.9 cm³/mol. The van der Waals surface area contributed by atoms with Crippen molar-refractivity contribution in [2.75, 3.05) is 18.4 Å². The molecule has 1 aliphatic heterocycles. The third kappa shape index (κ3) is 3.62. The average Bonchev–Trinajstić information content (AvgIpc) is 2.43. The minimum Gasteiger partial charge on any atom is -0.325 e. The fourth-order valence-electron chi connectivity index (χ4n) is 2.82. The van der Waals surface area contributed by atoms with Crippen LogP contribution >= 0.6 is 31.9 Å². The van der Waals surface area contributed by atoms with Crippen LogP contribution in [-0.4, -0.2) is 19.0 Å². The first kappa shape index (κ1) is 16.0. The molecule has 0 saturated carbocycles. The highest BCUT2D eigenvalue weighted by molar-refractivity contribution is 9.11. The van der Waals surface area contributed by atoms with Crippen LogP contribution in [0.4, 0.5) is 5.69 Å². The van der Waals surface area contributed by atoms with Gasteiger partial charge in [-0.05, 0) is 66.5 Å². The molecule has 1 amide bonds. The van der Waals surface area contributed by atoms with Gasteiger partial charge in [0, 0.05) is 8.95 Å². The summed E-state index contributed by atoms with van der Waals surface area (Å²) in [6.07, 6.45) is 3.82. The zero-order chi connectivity index (χ0) is 14.6. The van der Waals surface area contributed by atoms with Crippen molar-refractivity contribution in [3.63, 3.8) is 0 Å². The molecule has 1 aromatic rings. The normalized spacial score (nSPS) is 17.8. The molecule has 3 nitrogen and oxygen atoms in total. The van der Waals surface area contributed by atoms with E-state index in [1.807, 2.05) is 18.2 Å². The van der Waals surface area contributed by atoms with Crippen molar-refractivity contribution in [3.8, 4) is 0 Å². The highest BCUT2D eigenvalue weighted by atomic mass is 79.9. The van der Waals surface area contributed by atoms with Crippen LogP contribution in [0.15, 0.2) is 27.1 Å². The number of amides is 1. The molecule has 0 spiro atoms. The van der Waals surface area contributed by atoms with Crippen molar-refractivity contribution < 1.29 is 4.79 Å². The highest BCUT2D eigenvalue weighted by Crippen LogP contribution is 2.36. The van der Waals surface area contributed by atoms with E-state index in [0.29, 0.717) is 0 Å². The van der Waals surface area contributed by atoms with Gasteiger partial charge >= 0.3 is 0 Å². The Hall–Kier alpha value is -0.390. The van der Waals surface area contributed by atoms with E-state index in [0.717, 1.165) is 53.4 Å². The Labute approximate surface area is 137 Å². The van der Waals surface area contributed by atoms with Crippen molar-refractivity contribution in [1.29, 1.82) is 0 Å². The summed E-state index contributed by atoms with van der Waals surface area (Å²) >= 11 is 6.92. The summed E-state index contributed by atoms with van der Waals surface area (Å²) in [7, 11) is 0. The molecule has 1 heterocycles. The number of carbonyl (C=O) groups is 1. The molecule has 1 fully saturated rings. The third-order valence-corrected chi connectivity index (χ3v) is 5.10. The summed E-state index contributed by atoms with van der Waals surface area (Å²) in [6.45, 7) is 4.00. The first-order valence-corrected chi connectivity index (χ1v) is 8.63. The largest absolute Gasteiger partial charge is 0.325 e. The quantitative estimate of drug-likeness (QED) is 0.785. The number of piperidine rings is 1. The molecule has 5 heteroatoms. The maximum Gasteiger partial charge on any atom is 0.230 e. The van der Waals surface area contributed by atoms with Crippen LogP contribution in [0.25, 0.3) is 0 Å². The lowest BCUT2D eigenvalue weighted by Gasteiger charge is -2.36. The molecule has 0 aliphatic carbocycles. The highest BCUT2D eigenvalue weighted by Gasteiger charge is 2.38. The lowest BCUT2D eigenvalue weighted by atomic mass is 9.74. The number of carbonyl (C=O) groups excluding carboxylic acids is 1. The topological polar surface area (TPSA) is 41.1 Å². The van der Waals surface area contributed by atoms with Crippen molar-refractivity contribution >= 4 is 43.5 Å². The van der Waals surface area contributed by atoms with Gasteiger partial charge in [-0.25, -0.2) is 0 Å². The fraction of sp³-hybridized carbons (Fsp3) is 0.533. The molecule has 1 aromatic carbocycles. The summed E-state index contributed by atoms with van der Waals surface area (Å²) in [5.74, 6) is 0.156. The van der Waals surface area contributed by atoms with Gasteiger partial charge in [-0.2, -0.15) is 0 Å². The zero-order valence-corrected chi connectivity index (χ0v) is 14.8. The Morgan fingerprint density at radius 3 is 2.65 bits per heavy atom. The van der Waals surface area contributed by atoms with Crippen LogP contribution in [-0.2, 0) is 4.79 Å². The van der Waals surface area contributed by atoms with Crippen LogP contribution < -0.4 is 10.6 Å². The Kier molecular flexibility index (Phi) is 5.64. The molecule has 110 valence electrons. The molecule has 0 atom stereocenters. The predicted octanol–water partition coefficient (Wildman–Crippen LogP) is 4.32. The maximum absolute atomic E-state index is 12.7. The second kappa shape index (κ2) is 7.05. The maximum atomic E-state index is 12.7. The van der Waals surface area contributed by atoms with Crippen molar-refractivity contribution in [2.45, 2.75) is 32.6 Å². The number of nitrogens with one attached hydrogen (secondary N) is 2. The Morgan fingerprint density at radius 2 is 2.05 bits per heavy atom. The van der Waals surface area contributed by atoms with Gasteiger partial charge in [-0.1, -0.05) is 29.3 Å². The second-order valence-corrected chi connectivity index (χ2v) is 7.13. The molecule has 0 aromatic heterocycles. The van der Waals surface area contributed by atoms with Gasteiger partial charge in [0.05, 0.1) is 11.1 Å². The number of halogens is 2. The minimum absolute atomic E-state index is 0.156. The van der Waals surface area contributed by atoms with Crippen LogP contribution in [0.3, 0.4) is 0 Å². The molecule has 2 rings (SSSR count). The van der Waals surface area contributed by atoms with E-state index in [1.54, 1.807) is 0 Å².